The standard InChI is InChI=1S/C10H13FN2/c1-10(2)8(9(10)12)6-3-7(11)5-13-4-6/h3-5,8-9H,12H2,1-2H3. The van der Waals surface area contributed by atoms with Crippen molar-refractivity contribution >= 4 is 0 Å². The Morgan fingerprint density at radius 1 is 1.46 bits per heavy atom. The van der Waals surface area contributed by atoms with E-state index in [4.69, 9.17) is 5.73 Å². The Hall–Kier alpha value is -0.960. The number of nitrogens with two attached hydrogens (primary N) is 1. The van der Waals surface area contributed by atoms with Gasteiger partial charge in [0, 0.05) is 18.2 Å². The van der Waals surface area contributed by atoms with Crippen LogP contribution in [0.1, 0.15) is 25.3 Å². The molecular weight excluding hydrogens is 167 g/mol. The highest BCUT2D eigenvalue weighted by atomic mass is 19.1. The largest absolute Gasteiger partial charge is 0.327 e. The lowest BCUT2D eigenvalue weighted by molar-refractivity contribution is 0.591. The first-order chi connectivity index (χ1) is 6.03. The summed E-state index contributed by atoms with van der Waals surface area (Å²) in [4.78, 5) is 3.81. The van der Waals surface area contributed by atoms with Crippen LogP contribution in [0.4, 0.5) is 4.39 Å². The maximum Gasteiger partial charge on any atom is 0.141 e. The predicted molar refractivity (Wildman–Crippen MR) is 48.7 cm³/mol. The molecule has 0 radical (unpaired) electrons. The molecule has 70 valence electrons. The van der Waals surface area contributed by atoms with Crippen molar-refractivity contribution in [2.75, 3.05) is 0 Å². The summed E-state index contributed by atoms with van der Waals surface area (Å²) >= 11 is 0. The van der Waals surface area contributed by atoms with E-state index in [0.29, 0.717) is 0 Å². The third-order valence-electron chi connectivity index (χ3n) is 3.00. The van der Waals surface area contributed by atoms with E-state index in [1.165, 1.54) is 12.3 Å². The van der Waals surface area contributed by atoms with Gasteiger partial charge in [-0.1, -0.05) is 13.8 Å². The normalized spacial score (nSPS) is 30.2. The van der Waals surface area contributed by atoms with E-state index in [1.54, 1.807) is 6.20 Å². The van der Waals surface area contributed by atoms with Gasteiger partial charge < -0.3 is 5.73 Å². The molecule has 1 aliphatic carbocycles. The molecule has 3 heteroatoms. The highest BCUT2D eigenvalue weighted by Gasteiger charge is 2.56. The molecule has 0 bridgehead atoms. The van der Waals surface area contributed by atoms with Gasteiger partial charge in [-0.05, 0) is 17.0 Å². The second-order valence-electron chi connectivity index (χ2n) is 4.26. The van der Waals surface area contributed by atoms with Crippen LogP contribution in [0.15, 0.2) is 18.5 Å². The molecular formula is C10H13FN2. The van der Waals surface area contributed by atoms with Gasteiger partial charge in [-0.25, -0.2) is 4.39 Å². The Morgan fingerprint density at radius 3 is 2.54 bits per heavy atom. The third kappa shape index (κ3) is 1.23. The smallest absolute Gasteiger partial charge is 0.141 e. The maximum absolute atomic E-state index is 12.8. The van der Waals surface area contributed by atoms with Crippen molar-refractivity contribution in [3.05, 3.63) is 29.8 Å². The topological polar surface area (TPSA) is 38.9 Å². The summed E-state index contributed by atoms with van der Waals surface area (Å²) in [6.07, 6.45) is 2.91. The lowest BCUT2D eigenvalue weighted by Crippen LogP contribution is -2.06. The molecule has 0 amide bonds. The fourth-order valence-corrected chi connectivity index (χ4v) is 1.91. The molecule has 2 rings (SSSR count). The number of aromatic nitrogens is 1. The fourth-order valence-electron chi connectivity index (χ4n) is 1.91. The predicted octanol–water partition coefficient (Wildman–Crippen LogP) is 1.67. The summed E-state index contributed by atoms with van der Waals surface area (Å²) in [6.45, 7) is 4.18. The Kier molecular flexibility index (Phi) is 1.67. The third-order valence-corrected chi connectivity index (χ3v) is 3.00. The number of nitrogens with zero attached hydrogens (tertiary/aromatic N) is 1. The van der Waals surface area contributed by atoms with Crippen molar-refractivity contribution in [3.8, 4) is 0 Å². The van der Waals surface area contributed by atoms with E-state index in [9.17, 15) is 4.39 Å². The summed E-state index contributed by atoms with van der Waals surface area (Å²) in [7, 11) is 0. The van der Waals surface area contributed by atoms with Gasteiger partial charge in [-0.15, -0.1) is 0 Å². The van der Waals surface area contributed by atoms with Crippen LogP contribution < -0.4 is 5.73 Å². The van der Waals surface area contributed by atoms with Crippen molar-refractivity contribution < 1.29 is 4.39 Å². The van der Waals surface area contributed by atoms with Crippen LogP contribution in [-0.4, -0.2) is 11.0 Å². The molecule has 0 aromatic carbocycles. The van der Waals surface area contributed by atoms with Crippen LogP contribution in [0.2, 0.25) is 0 Å². The first-order valence-corrected chi connectivity index (χ1v) is 4.39. The van der Waals surface area contributed by atoms with Gasteiger partial charge in [0.15, 0.2) is 0 Å². The second kappa shape index (κ2) is 2.51. The molecule has 0 aliphatic heterocycles. The molecule has 1 aromatic heterocycles. The van der Waals surface area contributed by atoms with Crippen molar-refractivity contribution in [2.24, 2.45) is 11.1 Å². The average molecular weight is 180 g/mol. The van der Waals surface area contributed by atoms with Crippen LogP contribution in [-0.2, 0) is 0 Å². The quantitative estimate of drug-likeness (QED) is 0.714. The zero-order chi connectivity index (χ0) is 9.64. The highest BCUT2D eigenvalue weighted by molar-refractivity contribution is 5.32. The maximum atomic E-state index is 12.8. The number of rotatable bonds is 1. The van der Waals surface area contributed by atoms with Gasteiger partial charge in [0.2, 0.25) is 0 Å². The second-order valence-corrected chi connectivity index (χ2v) is 4.26. The lowest BCUT2D eigenvalue weighted by Gasteiger charge is -2.01. The summed E-state index contributed by atoms with van der Waals surface area (Å²) < 4.78 is 12.8. The Balaban J connectivity index is 2.29. The highest BCUT2D eigenvalue weighted by Crippen LogP contribution is 2.57. The Morgan fingerprint density at radius 2 is 2.08 bits per heavy atom. The van der Waals surface area contributed by atoms with Gasteiger partial charge in [-0.2, -0.15) is 0 Å². The number of halogens is 1. The van der Waals surface area contributed by atoms with Crippen molar-refractivity contribution in [3.63, 3.8) is 0 Å². The van der Waals surface area contributed by atoms with E-state index in [-0.39, 0.29) is 23.2 Å². The van der Waals surface area contributed by atoms with Crippen molar-refractivity contribution in [1.29, 1.82) is 0 Å². The van der Waals surface area contributed by atoms with Gasteiger partial charge in [0.1, 0.15) is 5.82 Å². The van der Waals surface area contributed by atoms with E-state index >= 15 is 0 Å². The van der Waals surface area contributed by atoms with Gasteiger partial charge >= 0.3 is 0 Å². The minimum atomic E-state index is -0.285. The Bertz CT molecular complexity index is 335. The summed E-state index contributed by atoms with van der Waals surface area (Å²) in [5.41, 5.74) is 6.88. The van der Waals surface area contributed by atoms with E-state index in [2.05, 4.69) is 18.8 Å². The number of hydrogen-bond donors (Lipinski definition) is 1. The van der Waals surface area contributed by atoms with Crippen LogP contribution in [0, 0.1) is 11.2 Å². The van der Waals surface area contributed by atoms with Gasteiger partial charge in [-0.3, -0.25) is 4.98 Å². The molecule has 1 aliphatic rings. The summed E-state index contributed by atoms with van der Waals surface area (Å²) in [5, 5.41) is 0. The minimum absolute atomic E-state index is 0.0927. The van der Waals surface area contributed by atoms with Gasteiger partial charge in [0.05, 0.1) is 6.20 Å². The SMILES string of the molecule is CC1(C)C(N)C1c1cncc(F)c1. The molecule has 0 spiro atoms. The molecule has 0 saturated heterocycles. The van der Waals surface area contributed by atoms with Crippen LogP contribution in [0.3, 0.4) is 0 Å². The average Bonchev–Trinajstić information content (AvgIpc) is 2.51. The molecule has 2 unspecified atom stereocenters. The summed E-state index contributed by atoms with van der Waals surface area (Å²) in [5.74, 6) is -0.0249. The lowest BCUT2D eigenvalue weighted by atomic mass is 10.1. The fraction of sp³-hybridized carbons (Fsp3) is 0.500. The molecule has 13 heavy (non-hydrogen) atoms. The molecule has 1 fully saturated rings. The van der Waals surface area contributed by atoms with Crippen molar-refractivity contribution in [2.45, 2.75) is 25.8 Å². The monoisotopic (exact) mass is 180 g/mol. The van der Waals surface area contributed by atoms with Crippen LogP contribution in [0.5, 0.6) is 0 Å². The Labute approximate surface area is 77.0 Å². The summed E-state index contributed by atoms with van der Waals surface area (Å²) in [6, 6.07) is 1.66. The first kappa shape index (κ1) is 8.63. The van der Waals surface area contributed by atoms with E-state index in [1.807, 2.05) is 0 Å². The zero-order valence-electron chi connectivity index (χ0n) is 7.79. The molecule has 1 aromatic rings. The molecule has 2 N–H and O–H groups in total. The molecule has 2 atom stereocenters. The molecule has 1 saturated carbocycles. The number of hydrogen-bond acceptors (Lipinski definition) is 2. The zero-order valence-corrected chi connectivity index (χ0v) is 7.79. The number of pyridine rings is 1. The molecule has 2 nitrogen and oxygen atoms in total. The van der Waals surface area contributed by atoms with E-state index in [0.717, 1.165) is 5.56 Å². The minimum Gasteiger partial charge on any atom is -0.327 e. The van der Waals surface area contributed by atoms with Crippen LogP contribution >= 0.6 is 0 Å². The molecule has 1 heterocycles. The van der Waals surface area contributed by atoms with E-state index < -0.39 is 0 Å². The first-order valence-electron chi connectivity index (χ1n) is 4.39. The van der Waals surface area contributed by atoms with Gasteiger partial charge in [0.25, 0.3) is 0 Å². The van der Waals surface area contributed by atoms with Crippen LogP contribution in [0.25, 0.3) is 0 Å². The van der Waals surface area contributed by atoms with Crippen molar-refractivity contribution in [1.82, 2.24) is 4.98 Å².